The molecule has 1 aliphatic heterocycles. The van der Waals surface area contributed by atoms with E-state index in [1.807, 2.05) is 0 Å². The molecule has 0 aliphatic carbocycles. The summed E-state index contributed by atoms with van der Waals surface area (Å²) in [7, 11) is 1.45. The number of benzene rings is 1. The molecule has 17 heavy (non-hydrogen) atoms. The van der Waals surface area contributed by atoms with Crippen molar-refractivity contribution in [2.75, 3.05) is 25.1 Å². The molecular formula is C14H19NO2. The number of ether oxygens (including phenoxy) is 1. The molecule has 0 atom stereocenters. The first-order valence-electron chi connectivity index (χ1n) is 5.99. The lowest BCUT2D eigenvalue weighted by atomic mass is 9.95. The minimum atomic E-state index is -0.102. The highest BCUT2D eigenvalue weighted by Crippen LogP contribution is 2.28. The summed E-state index contributed by atoms with van der Waals surface area (Å²) in [6.45, 7) is 6.16. The Morgan fingerprint density at radius 3 is 2.65 bits per heavy atom. The zero-order valence-electron chi connectivity index (χ0n) is 10.7. The Morgan fingerprint density at radius 2 is 2.06 bits per heavy atom. The second-order valence-electron chi connectivity index (χ2n) is 4.82. The third kappa shape index (κ3) is 2.60. The summed E-state index contributed by atoms with van der Waals surface area (Å²) in [4.78, 5) is 13.4. The molecule has 3 nitrogen and oxygen atoms in total. The van der Waals surface area contributed by atoms with Crippen molar-refractivity contribution >= 4 is 11.7 Å². The maximum atomic E-state index is 11.1. The van der Waals surface area contributed by atoms with Crippen LogP contribution in [0.15, 0.2) is 18.2 Å². The molecule has 1 heterocycles. The van der Waals surface area contributed by atoms with Crippen LogP contribution in [-0.4, -0.2) is 26.2 Å². The first-order valence-corrected chi connectivity index (χ1v) is 5.99. The van der Waals surface area contributed by atoms with Crippen molar-refractivity contribution < 1.29 is 9.53 Å². The molecule has 0 bridgehead atoms. The first kappa shape index (κ1) is 12.0. The van der Waals surface area contributed by atoms with E-state index in [2.05, 4.69) is 41.7 Å². The molecule has 1 saturated heterocycles. The predicted molar refractivity (Wildman–Crippen MR) is 68.3 cm³/mol. The third-order valence-electron chi connectivity index (χ3n) is 3.50. The maximum absolute atomic E-state index is 11.1. The lowest BCUT2D eigenvalue weighted by molar-refractivity contribution is -0.141. The van der Waals surface area contributed by atoms with Crippen LogP contribution in [0, 0.1) is 19.8 Å². The Labute approximate surface area is 102 Å². The fourth-order valence-electron chi connectivity index (χ4n) is 2.15. The van der Waals surface area contributed by atoms with Crippen LogP contribution in [0.25, 0.3) is 0 Å². The summed E-state index contributed by atoms with van der Waals surface area (Å²) in [6.07, 6.45) is 0.540. The molecule has 0 N–H and O–H groups in total. The van der Waals surface area contributed by atoms with E-state index in [9.17, 15) is 4.79 Å². The number of aryl methyl sites for hydroxylation is 2. The Kier molecular flexibility index (Phi) is 3.36. The third-order valence-corrected chi connectivity index (χ3v) is 3.50. The molecule has 0 aromatic heterocycles. The van der Waals surface area contributed by atoms with E-state index >= 15 is 0 Å². The van der Waals surface area contributed by atoms with Gasteiger partial charge in [0.05, 0.1) is 13.5 Å². The van der Waals surface area contributed by atoms with Gasteiger partial charge in [-0.15, -0.1) is 0 Å². The van der Waals surface area contributed by atoms with Crippen molar-refractivity contribution in [2.24, 2.45) is 5.92 Å². The fourth-order valence-corrected chi connectivity index (χ4v) is 2.15. The highest BCUT2D eigenvalue weighted by atomic mass is 16.5. The smallest absolute Gasteiger partial charge is 0.305 e. The number of carbonyl (C=O) groups is 1. The Morgan fingerprint density at radius 1 is 1.35 bits per heavy atom. The number of esters is 1. The topological polar surface area (TPSA) is 29.5 Å². The zero-order chi connectivity index (χ0) is 12.4. The number of hydrogen-bond donors (Lipinski definition) is 0. The van der Waals surface area contributed by atoms with Gasteiger partial charge in [-0.3, -0.25) is 4.79 Å². The predicted octanol–water partition coefficient (Wildman–Crippen LogP) is 2.30. The molecule has 0 radical (unpaired) electrons. The van der Waals surface area contributed by atoms with Crippen LogP contribution in [0.4, 0.5) is 5.69 Å². The van der Waals surface area contributed by atoms with Gasteiger partial charge in [0, 0.05) is 24.7 Å². The lowest BCUT2D eigenvalue weighted by Gasteiger charge is -2.40. The van der Waals surface area contributed by atoms with Gasteiger partial charge >= 0.3 is 5.97 Å². The number of methoxy groups -OCH3 is 1. The van der Waals surface area contributed by atoms with Crippen molar-refractivity contribution in [3.63, 3.8) is 0 Å². The van der Waals surface area contributed by atoms with Crippen LogP contribution < -0.4 is 4.90 Å². The molecule has 1 aromatic rings. The maximum Gasteiger partial charge on any atom is 0.305 e. The zero-order valence-corrected chi connectivity index (χ0v) is 10.7. The van der Waals surface area contributed by atoms with Crippen molar-refractivity contribution in [3.8, 4) is 0 Å². The molecule has 2 rings (SSSR count). The van der Waals surface area contributed by atoms with Crippen molar-refractivity contribution in [2.45, 2.75) is 20.3 Å². The van der Waals surface area contributed by atoms with Gasteiger partial charge in [-0.05, 0) is 37.1 Å². The standard InChI is InChI=1S/C14H19NO2/c1-10-4-5-13(6-11(10)2)15-8-12(9-15)7-14(16)17-3/h4-6,12H,7-9H2,1-3H3. The van der Waals surface area contributed by atoms with E-state index in [4.69, 9.17) is 0 Å². The summed E-state index contributed by atoms with van der Waals surface area (Å²) in [5, 5.41) is 0. The quantitative estimate of drug-likeness (QED) is 0.750. The van der Waals surface area contributed by atoms with Crippen molar-refractivity contribution in [1.82, 2.24) is 0 Å². The molecule has 0 unspecified atom stereocenters. The first-order chi connectivity index (χ1) is 8.10. The van der Waals surface area contributed by atoms with Crippen molar-refractivity contribution in [1.29, 1.82) is 0 Å². The van der Waals surface area contributed by atoms with E-state index in [1.165, 1.54) is 23.9 Å². The van der Waals surface area contributed by atoms with E-state index in [0.717, 1.165) is 13.1 Å². The summed E-state index contributed by atoms with van der Waals surface area (Å²) >= 11 is 0. The summed E-state index contributed by atoms with van der Waals surface area (Å²) in [6, 6.07) is 6.51. The Balaban J connectivity index is 1.91. The van der Waals surface area contributed by atoms with Crippen LogP contribution in [0.5, 0.6) is 0 Å². The number of rotatable bonds is 3. The minimum absolute atomic E-state index is 0.102. The average Bonchev–Trinajstić information content (AvgIpc) is 2.26. The van der Waals surface area contributed by atoms with E-state index in [1.54, 1.807) is 0 Å². The minimum Gasteiger partial charge on any atom is -0.469 e. The summed E-state index contributed by atoms with van der Waals surface area (Å²) in [5.41, 5.74) is 3.90. The second kappa shape index (κ2) is 4.78. The van der Waals surface area contributed by atoms with Gasteiger partial charge in [-0.1, -0.05) is 6.07 Å². The Hall–Kier alpha value is -1.51. The van der Waals surface area contributed by atoms with Gasteiger partial charge in [0.15, 0.2) is 0 Å². The summed E-state index contributed by atoms with van der Waals surface area (Å²) in [5.74, 6) is 0.346. The molecule has 0 spiro atoms. The van der Waals surface area contributed by atoms with Crippen LogP contribution in [0.3, 0.4) is 0 Å². The Bertz CT molecular complexity index is 422. The highest BCUT2D eigenvalue weighted by Gasteiger charge is 2.29. The molecule has 0 saturated carbocycles. The van der Waals surface area contributed by atoms with E-state index in [-0.39, 0.29) is 5.97 Å². The molecule has 1 fully saturated rings. The molecule has 3 heteroatoms. The lowest BCUT2D eigenvalue weighted by Crippen LogP contribution is -2.47. The molecule has 0 amide bonds. The van der Waals surface area contributed by atoms with Crippen LogP contribution in [-0.2, 0) is 9.53 Å². The van der Waals surface area contributed by atoms with Crippen LogP contribution >= 0.6 is 0 Å². The van der Waals surface area contributed by atoms with Gasteiger partial charge in [-0.2, -0.15) is 0 Å². The van der Waals surface area contributed by atoms with Crippen LogP contribution in [0.2, 0.25) is 0 Å². The van der Waals surface area contributed by atoms with E-state index in [0.29, 0.717) is 12.3 Å². The number of anilines is 1. The average molecular weight is 233 g/mol. The van der Waals surface area contributed by atoms with E-state index < -0.39 is 0 Å². The summed E-state index contributed by atoms with van der Waals surface area (Å²) < 4.78 is 4.67. The molecule has 1 aliphatic rings. The number of hydrogen-bond acceptors (Lipinski definition) is 3. The molecule has 92 valence electrons. The van der Waals surface area contributed by atoms with Gasteiger partial charge in [0.2, 0.25) is 0 Å². The highest BCUT2D eigenvalue weighted by molar-refractivity contribution is 5.70. The number of nitrogens with zero attached hydrogens (tertiary/aromatic N) is 1. The van der Waals surface area contributed by atoms with Gasteiger partial charge in [-0.25, -0.2) is 0 Å². The number of carbonyl (C=O) groups excluding carboxylic acids is 1. The fraction of sp³-hybridized carbons (Fsp3) is 0.500. The van der Waals surface area contributed by atoms with Gasteiger partial charge < -0.3 is 9.64 Å². The largest absolute Gasteiger partial charge is 0.469 e. The molecular weight excluding hydrogens is 214 g/mol. The monoisotopic (exact) mass is 233 g/mol. The normalized spacial score (nSPS) is 15.6. The van der Waals surface area contributed by atoms with Crippen LogP contribution in [0.1, 0.15) is 17.5 Å². The SMILES string of the molecule is COC(=O)CC1CN(c2ccc(C)c(C)c2)C1. The van der Waals surface area contributed by atoms with Crippen molar-refractivity contribution in [3.05, 3.63) is 29.3 Å². The second-order valence-corrected chi connectivity index (χ2v) is 4.82. The van der Waals surface area contributed by atoms with Gasteiger partial charge in [0.25, 0.3) is 0 Å². The molecule has 1 aromatic carbocycles. The van der Waals surface area contributed by atoms with Gasteiger partial charge in [0.1, 0.15) is 0 Å².